The molecule has 8 heteroatoms. The van der Waals surface area contributed by atoms with E-state index in [1.165, 1.54) is 0 Å². The first-order valence-electron chi connectivity index (χ1n) is 11.5. The van der Waals surface area contributed by atoms with E-state index >= 15 is 0 Å². The molecule has 2 atom stereocenters. The van der Waals surface area contributed by atoms with Crippen LogP contribution < -0.4 is 9.47 Å². The molecule has 2 fully saturated rings. The number of aromatic nitrogens is 1. The number of fused-ring (bicyclic) bond motifs is 1. The summed E-state index contributed by atoms with van der Waals surface area (Å²) in [6.07, 6.45) is 4.65. The summed E-state index contributed by atoms with van der Waals surface area (Å²) in [4.78, 5) is 14.0. The van der Waals surface area contributed by atoms with Crippen molar-refractivity contribution in [3.63, 3.8) is 0 Å². The van der Waals surface area contributed by atoms with Gasteiger partial charge in [0, 0.05) is 20.2 Å². The van der Waals surface area contributed by atoms with Gasteiger partial charge in [-0.25, -0.2) is 4.79 Å². The largest absolute Gasteiger partial charge is 0.487 e. The molecule has 1 saturated carbocycles. The summed E-state index contributed by atoms with van der Waals surface area (Å²) in [5.74, 6) is 1.51. The van der Waals surface area contributed by atoms with E-state index in [9.17, 15) is 4.79 Å². The first-order valence-corrected chi connectivity index (χ1v) is 11.5. The van der Waals surface area contributed by atoms with Crippen LogP contribution >= 0.6 is 0 Å². The van der Waals surface area contributed by atoms with Crippen molar-refractivity contribution in [3.05, 3.63) is 18.2 Å². The summed E-state index contributed by atoms with van der Waals surface area (Å²) < 4.78 is 28.9. The molecule has 8 nitrogen and oxygen atoms in total. The minimum absolute atomic E-state index is 0.0190. The van der Waals surface area contributed by atoms with Gasteiger partial charge in [0.05, 0.1) is 12.7 Å². The first kappa shape index (κ1) is 22.7. The highest BCUT2D eigenvalue weighted by Gasteiger charge is 2.31. The highest BCUT2D eigenvalue weighted by molar-refractivity contribution is 5.88. The number of benzene rings is 1. The normalized spacial score (nSPS) is 22.3. The number of nitrogens with zero attached hydrogens (tertiary/aromatic N) is 2. The maximum Gasteiger partial charge on any atom is 0.410 e. The van der Waals surface area contributed by atoms with E-state index in [0.717, 1.165) is 37.5 Å². The summed E-state index contributed by atoms with van der Waals surface area (Å²) in [6, 6.07) is 5.69. The molecular weight excluding hydrogens is 412 g/mol. The minimum atomic E-state index is -0.480. The van der Waals surface area contributed by atoms with Gasteiger partial charge in [-0.05, 0) is 76.1 Å². The highest BCUT2D eigenvalue weighted by Crippen LogP contribution is 2.37. The number of carbonyl (C=O) groups excluding carboxylic acids is 1. The lowest BCUT2D eigenvalue weighted by atomic mass is 9.98. The van der Waals surface area contributed by atoms with Crippen LogP contribution in [-0.2, 0) is 9.47 Å². The highest BCUT2D eigenvalue weighted by atomic mass is 16.6. The lowest BCUT2D eigenvalue weighted by Gasteiger charge is -2.33. The van der Waals surface area contributed by atoms with Gasteiger partial charge in [-0.3, -0.25) is 0 Å². The fourth-order valence-electron chi connectivity index (χ4n) is 4.40. The van der Waals surface area contributed by atoms with Crippen LogP contribution in [0, 0.1) is 5.92 Å². The number of hydrogen-bond acceptors (Lipinski definition) is 7. The molecule has 1 saturated heterocycles. The van der Waals surface area contributed by atoms with Crippen molar-refractivity contribution in [2.24, 2.45) is 5.92 Å². The number of ether oxygens (including phenoxy) is 4. The summed E-state index contributed by atoms with van der Waals surface area (Å²) in [7, 11) is 1.73. The van der Waals surface area contributed by atoms with E-state index in [2.05, 4.69) is 5.16 Å². The molecule has 2 aliphatic rings. The molecule has 0 unspecified atom stereocenters. The smallest absolute Gasteiger partial charge is 0.410 e. The Hall–Kier alpha value is -2.48. The molecule has 2 heterocycles. The molecule has 0 N–H and O–H groups in total. The maximum atomic E-state index is 12.3. The first-order chi connectivity index (χ1) is 15.3. The van der Waals surface area contributed by atoms with Crippen LogP contribution in [0.2, 0.25) is 0 Å². The van der Waals surface area contributed by atoms with E-state index in [4.69, 9.17) is 23.5 Å². The maximum absolute atomic E-state index is 12.3. The molecule has 0 radical (unpaired) electrons. The molecule has 1 aromatic heterocycles. The Balaban J connectivity index is 1.36. The van der Waals surface area contributed by atoms with Gasteiger partial charge >= 0.3 is 6.09 Å². The zero-order chi connectivity index (χ0) is 22.7. The number of likely N-dealkylation sites (tertiary alicyclic amines) is 1. The van der Waals surface area contributed by atoms with Crippen LogP contribution in [0.4, 0.5) is 4.79 Å². The lowest BCUT2D eigenvalue weighted by molar-refractivity contribution is 0.0163. The van der Waals surface area contributed by atoms with Gasteiger partial charge in [-0.15, -0.1) is 0 Å². The molecule has 2 aromatic rings. The molecule has 176 valence electrons. The fourth-order valence-corrected chi connectivity index (χ4v) is 4.40. The number of piperidine rings is 1. The van der Waals surface area contributed by atoms with Gasteiger partial charge in [0.1, 0.15) is 22.8 Å². The van der Waals surface area contributed by atoms with Gasteiger partial charge in [0.25, 0.3) is 5.88 Å². The third-order valence-electron chi connectivity index (χ3n) is 6.12. The number of hydrogen-bond donors (Lipinski definition) is 0. The Morgan fingerprint density at radius 2 is 1.91 bits per heavy atom. The van der Waals surface area contributed by atoms with Gasteiger partial charge in [-0.1, -0.05) is 6.07 Å². The fraction of sp³-hybridized carbons (Fsp3) is 0.667. The minimum Gasteiger partial charge on any atom is -0.487 e. The quantitative estimate of drug-likeness (QED) is 0.630. The van der Waals surface area contributed by atoms with Crippen LogP contribution in [0.15, 0.2) is 22.7 Å². The van der Waals surface area contributed by atoms with Gasteiger partial charge < -0.3 is 28.4 Å². The Morgan fingerprint density at radius 3 is 2.62 bits per heavy atom. The number of amides is 1. The summed E-state index contributed by atoms with van der Waals surface area (Å²) in [6.45, 7) is 7.49. The summed E-state index contributed by atoms with van der Waals surface area (Å²) >= 11 is 0. The Bertz CT molecular complexity index is 913. The van der Waals surface area contributed by atoms with Crippen LogP contribution in [0.1, 0.15) is 52.9 Å². The lowest BCUT2D eigenvalue weighted by Crippen LogP contribution is -2.42. The predicted octanol–water partition coefficient (Wildman–Crippen LogP) is 4.80. The number of rotatable bonds is 6. The summed E-state index contributed by atoms with van der Waals surface area (Å²) in [5.41, 5.74) is 0.163. The second-order valence-corrected chi connectivity index (χ2v) is 9.70. The molecule has 1 aromatic carbocycles. The van der Waals surface area contributed by atoms with E-state index < -0.39 is 5.60 Å². The average molecular weight is 447 g/mol. The summed E-state index contributed by atoms with van der Waals surface area (Å²) in [5, 5.41) is 4.91. The third kappa shape index (κ3) is 5.28. The Kier molecular flexibility index (Phi) is 6.79. The molecule has 0 bridgehead atoms. The predicted molar refractivity (Wildman–Crippen MR) is 119 cm³/mol. The van der Waals surface area contributed by atoms with Crippen LogP contribution in [0.25, 0.3) is 11.0 Å². The molecule has 1 aliphatic heterocycles. The van der Waals surface area contributed by atoms with Crippen molar-refractivity contribution in [1.29, 1.82) is 0 Å². The average Bonchev–Trinajstić information content (AvgIpc) is 3.38. The SMILES string of the molecule is CO[C@@H]1CCC[C@H]1Oc1cccc2onc(OCC3CCN(C(=O)OC(C)(C)C)CC3)c12. The van der Waals surface area contributed by atoms with E-state index in [0.29, 0.717) is 42.8 Å². The van der Waals surface area contributed by atoms with Crippen molar-refractivity contribution in [1.82, 2.24) is 10.1 Å². The zero-order valence-electron chi connectivity index (χ0n) is 19.5. The zero-order valence-corrected chi connectivity index (χ0v) is 19.5. The van der Waals surface area contributed by atoms with E-state index in [1.54, 1.807) is 12.0 Å². The molecule has 1 aliphatic carbocycles. The Morgan fingerprint density at radius 1 is 1.16 bits per heavy atom. The van der Waals surface area contributed by atoms with Crippen LogP contribution in [0.3, 0.4) is 0 Å². The monoisotopic (exact) mass is 446 g/mol. The van der Waals surface area contributed by atoms with Crippen molar-refractivity contribution in [2.45, 2.75) is 70.7 Å². The standard InChI is InChI=1S/C24H34N2O6/c1-24(2,3)31-23(27)26-13-11-16(12-14-26)15-29-22-21-19(9-6-10-20(21)32-25-22)30-18-8-5-7-17(18)28-4/h6,9-10,16-18H,5,7-8,11-15H2,1-4H3/t17-,18-/m1/s1. The molecule has 0 spiro atoms. The van der Waals surface area contributed by atoms with Gasteiger partial charge in [-0.2, -0.15) is 0 Å². The second-order valence-electron chi connectivity index (χ2n) is 9.70. The third-order valence-corrected chi connectivity index (χ3v) is 6.12. The van der Waals surface area contributed by atoms with E-state index in [-0.39, 0.29) is 18.3 Å². The molecule has 32 heavy (non-hydrogen) atoms. The van der Waals surface area contributed by atoms with E-state index in [1.807, 2.05) is 39.0 Å². The van der Waals surface area contributed by atoms with Crippen molar-refractivity contribution >= 4 is 17.1 Å². The van der Waals surface area contributed by atoms with Crippen molar-refractivity contribution in [2.75, 3.05) is 26.8 Å². The second kappa shape index (κ2) is 9.57. The Labute approximate surface area is 189 Å². The number of carbonyl (C=O) groups is 1. The van der Waals surface area contributed by atoms with Crippen molar-refractivity contribution in [3.8, 4) is 11.6 Å². The van der Waals surface area contributed by atoms with Gasteiger partial charge in [0.15, 0.2) is 5.58 Å². The molecule has 1 amide bonds. The van der Waals surface area contributed by atoms with Crippen LogP contribution in [0.5, 0.6) is 11.6 Å². The number of methoxy groups -OCH3 is 1. The topological polar surface area (TPSA) is 83.3 Å². The van der Waals surface area contributed by atoms with Crippen LogP contribution in [-0.4, -0.2) is 60.8 Å². The van der Waals surface area contributed by atoms with Crippen molar-refractivity contribution < 1.29 is 28.3 Å². The molecule has 4 rings (SSSR count). The molecular formula is C24H34N2O6. The van der Waals surface area contributed by atoms with Gasteiger partial charge in [0.2, 0.25) is 0 Å².